The molecule has 2 atom stereocenters. The number of anilines is 1. The van der Waals surface area contributed by atoms with Crippen molar-refractivity contribution >= 4 is 17.4 Å². The molecule has 4 heterocycles. The fourth-order valence-electron chi connectivity index (χ4n) is 2.84. The third kappa shape index (κ3) is 2.82. The third-order valence-corrected chi connectivity index (χ3v) is 4.38. The summed E-state index contributed by atoms with van der Waals surface area (Å²) in [4.78, 5) is 25.2. The van der Waals surface area contributed by atoms with E-state index in [-0.39, 0.29) is 11.8 Å². The van der Waals surface area contributed by atoms with Crippen molar-refractivity contribution in [3.63, 3.8) is 0 Å². The highest BCUT2D eigenvalue weighted by Gasteiger charge is 2.43. The minimum atomic E-state index is -0.906. The van der Waals surface area contributed by atoms with Crippen LogP contribution in [0, 0.1) is 0 Å². The third-order valence-electron chi connectivity index (χ3n) is 4.38. The van der Waals surface area contributed by atoms with Crippen LogP contribution in [0.25, 0.3) is 17.0 Å². The molecule has 0 aromatic carbocycles. The molecular formula is C18H13FN6O2. The van der Waals surface area contributed by atoms with Crippen molar-refractivity contribution in [2.75, 3.05) is 5.32 Å². The molecule has 0 aliphatic heterocycles. The highest BCUT2D eigenvalue weighted by molar-refractivity contribution is 6.03. The van der Waals surface area contributed by atoms with Gasteiger partial charge >= 0.3 is 0 Å². The Bertz CT molecular complexity index is 1150. The minimum Gasteiger partial charge on any atom is -0.339 e. The minimum absolute atomic E-state index is 0.297. The van der Waals surface area contributed by atoms with E-state index < -0.39 is 6.17 Å². The van der Waals surface area contributed by atoms with E-state index in [1.165, 1.54) is 12.4 Å². The molecule has 1 aliphatic carbocycles. The number of halogens is 1. The molecule has 8 nitrogen and oxygen atoms in total. The van der Waals surface area contributed by atoms with E-state index in [0.29, 0.717) is 40.9 Å². The van der Waals surface area contributed by atoms with Gasteiger partial charge in [0, 0.05) is 18.0 Å². The van der Waals surface area contributed by atoms with Crippen LogP contribution in [0.3, 0.4) is 0 Å². The van der Waals surface area contributed by atoms with Crippen molar-refractivity contribution < 1.29 is 13.7 Å². The van der Waals surface area contributed by atoms with E-state index in [1.807, 2.05) is 18.2 Å². The van der Waals surface area contributed by atoms with Gasteiger partial charge in [-0.05, 0) is 30.7 Å². The molecule has 5 rings (SSSR count). The zero-order chi connectivity index (χ0) is 18.4. The Kier molecular flexibility index (Phi) is 3.46. The van der Waals surface area contributed by atoms with Gasteiger partial charge in [-0.1, -0.05) is 11.2 Å². The van der Waals surface area contributed by atoms with E-state index in [9.17, 15) is 9.18 Å². The molecule has 0 radical (unpaired) electrons. The number of aromatic nitrogens is 5. The summed E-state index contributed by atoms with van der Waals surface area (Å²) in [5.74, 6) is 0.319. The number of pyridine rings is 2. The Morgan fingerprint density at radius 1 is 1.30 bits per heavy atom. The zero-order valence-corrected chi connectivity index (χ0v) is 13.9. The van der Waals surface area contributed by atoms with Crippen LogP contribution in [0.5, 0.6) is 0 Å². The van der Waals surface area contributed by atoms with Crippen molar-refractivity contribution in [2.24, 2.45) is 0 Å². The van der Waals surface area contributed by atoms with E-state index in [2.05, 4.69) is 25.4 Å². The van der Waals surface area contributed by atoms with Crippen molar-refractivity contribution in [1.29, 1.82) is 0 Å². The molecule has 0 saturated heterocycles. The van der Waals surface area contributed by atoms with Gasteiger partial charge in [0.15, 0.2) is 0 Å². The largest absolute Gasteiger partial charge is 0.339 e. The lowest BCUT2D eigenvalue weighted by molar-refractivity contribution is 0.102. The lowest BCUT2D eigenvalue weighted by Gasteiger charge is -2.05. The monoisotopic (exact) mass is 364 g/mol. The summed E-state index contributed by atoms with van der Waals surface area (Å²) in [5, 5.41) is 6.62. The van der Waals surface area contributed by atoms with Gasteiger partial charge in [0.2, 0.25) is 11.7 Å². The number of fused-ring (bicyclic) bond motifs is 1. The smallest absolute Gasteiger partial charge is 0.275 e. The normalized spacial score (nSPS) is 18.6. The average Bonchev–Trinajstić information content (AvgIpc) is 3.11. The van der Waals surface area contributed by atoms with Gasteiger partial charge in [-0.3, -0.25) is 9.20 Å². The average molecular weight is 364 g/mol. The summed E-state index contributed by atoms with van der Waals surface area (Å²) >= 11 is 0. The fourth-order valence-corrected chi connectivity index (χ4v) is 2.84. The first-order valence-electron chi connectivity index (χ1n) is 8.36. The number of nitrogens with one attached hydrogen (secondary N) is 1. The second-order valence-corrected chi connectivity index (χ2v) is 6.27. The predicted molar refractivity (Wildman–Crippen MR) is 92.9 cm³/mol. The molecule has 4 aromatic rings. The molecule has 0 spiro atoms. The van der Waals surface area contributed by atoms with Gasteiger partial charge in [0.25, 0.3) is 5.91 Å². The molecule has 134 valence electrons. The van der Waals surface area contributed by atoms with Crippen LogP contribution in [0.4, 0.5) is 10.2 Å². The quantitative estimate of drug-likeness (QED) is 0.598. The number of hydrogen-bond acceptors (Lipinski definition) is 6. The molecule has 1 saturated carbocycles. The fraction of sp³-hybridized carbons (Fsp3) is 0.167. The zero-order valence-electron chi connectivity index (χ0n) is 13.9. The maximum atomic E-state index is 13.1. The maximum absolute atomic E-state index is 13.1. The van der Waals surface area contributed by atoms with Gasteiger partial charge in [-0.15, -0.1) is 0 Å². The van der Waals surface area contributed by atoms with Crippen LogP contribution in [0.15, 0.2) is 53.4 Å². The first-order chi connectivity index (χ1) is 13.2. The Labute approximate surface area is 152 Å². The number of amides is 1. The molecule has 1 aliphatic rings. The van der Waals surface area contributed by atoms with Crippen molar-refractivity contribution in [3.8, 4) is 11.4 Å². The summed E-state index contributed by atoms with van der Waals surface area (Å²) < 4.78 is 19.9. The van der Waals surface area contributed by atoms with Crippen LogP contribution in [-0.2, 0) is 0 Å². The topological polar surface area (TPSA) is 98.2 Å². The number of hydrogen-bond donors (Lipinski definition) is 1. The first kappa shape index (κ1) is 15.6. The number of carbonyl (C=O) groups excluding carboxylic acids is 1. The van der Waals surface area contributed by atoms with E-state index in [4.69, 9.17) is 4.52 Å². The van der Waals surface area contributed by atoms with Gasteiger partial charge in [0.05, 0.1) is 12.1 Å². The summed E-state index contributed by atoms with van der Waals surface area (Å²) in [5.41, 5.74) is 1.68. The summed E-state index contributed by atoms with van der Waals surface area (Å²) in [7, 11) is 0. The summed E-state index contributed by atoms with van der Waals surface area (Å²) in [6.07, 6.45) is 4.31. The molecule has 0 bridgehead atoms. The van der Waals surface area contributed by atoms with Crippen molar-refractivity contribution in [1.82, 2.24) is 24.5 Å². The highest BCUT2D eigenvalue weighted by atomic mass is 19.1. The van der Waals surface area contributed by atoms with Gasteiger partial charge in [0.1, 0.15) is 23.3 Å². The lowest BCUT2D eigenvalue weighted by atomic mass is 10.2. The van der Waals surface area contributed by atoms with E-state index >= 15 is 0 Å². The molecular weight excluding hydrogens is 351 g/mol. The van der Waals surface area contributed by atoms with E-state index in [0.717, 1.165) is 0 Å². The number of alkyl halides is 1. The summed E-state index contributed by atoms with van der Waals surface area (Å²) in [6, 6.07) is 8.81. The van der Waals surface area contributed by atoms with Crippen LogP contribution in [-0.4, -0.2) is 36.6 Å². The van der Waals surface area contributed by atoms with Crippen molar-refractivity contribution in [2.45, 2.75) is 18.5 Å². The molecule has 1 amide bonds. The number of nitrogens with zero attached hydrogens (tertiary/aromatic N) is 5. The Morgan fingerprint density at radius 3 is 3.04 bits per heavy atom. The van der Waals surface area contributed by atoms with Gasteiger partial charge in [-0.2, -0.15) is 4.98 Å². The summed E-state index contributed by atoms with van der Waals surface area (Å²) in [6.45, 7) is 0. The highest BCUT2D eigenvalue weighted by Crippen LogP contribution is 2.42. The van der Waals surface area contributed by atoms with E-state index in [1.54, 1.807) is 22.7 Å². The number of imidazole rings is 1. The predicted octanol–water partition coefficient (Wildman–Crippen LogP) is 2.86. The molecule has 4 aromatic heterocycles. The Balaban J connectivity index is 1.39. The van der Waals surface area contributed by atoms with Crippen LogP contribution in [0.2, 0.25) is 0 Å². The SMILES string of the molecule is O=C(Nc1cc(-c2noc(C3C[C@@H]3F)n2)ccn1)c1cnc2ccccn12. The molecule has 1 fully saturated rings. The number of rotatable bonds is 4. The lowest BCUT2D eigenvalue weighted by Crippen LogP contribution is -2.15. The van der Waals surface area contributed by atoms with Crippen LogP contribution < -0.4 is 5.32 Å². The second-order valence-electron chi connectivity index (χ2n) is 6.27. The molecule has 1 unspecified atom stereocenters. The van der Waals surface area contributed by atoms with Gasteiger partial charge < -0.3 is 9.84 Å². The molecule has 9 heteroatoms. The van der Waals surface area contributed by atoms with Crippen LogP contribution in [0.1, 0.15) is 28.7 Å². The van der Waals surface area contributed by atoms with Crippen LogP contribution >= 0.6 is 0 Å². The second kappa shape index (κ2) is 5.97. The Hall–Kier alpha value is -3.62. The Morgan fingerprint density at radius 2 is 2.19 bits per heavy atom. The first-order valence-corrected chi connectivity index (χ1v) is 8.36. The number of carbonyl (C=O) groups is 1. The standard InChI is InChI=1S/C18H13FN6O2/c19-12-8-11(12)18-23-16(24-27-18)10-4-5-20-14(7-10)22-17(26)13-9-21-15-3-1-2-6-25(13)15/h1-7,9,11-12H,8H2,(H,20,22,26)/t11?,12-/m0/s1. The maximum Gasteiger partial charge on any atom is 0.275 e. The molecule has 27 heavy (non-hydrogen) atoms. The molecule has 1 N–H and O–H groups in total. The van der Waals surface area contributed by atoms with Crippen molar-refractivity contribution in [3.05, 3.63) is 60.5 Å². The van der Waals surface area contributed by atoms with Gasteiger partial charge in [-0.25, -0.2) is 14.4 Å².